The molecule has 6 aromatic carbocycles. The molecule has 0 unspecified atom stereocenters. The highest BCUT2D eigenvalue weighted by Gasteiger charge is 2.36. The molecule has 8 rings (SSSR count). The van der Waals surface area contributed by atoms with Crippen LogP contribution in [0, 0.1) is 0 Å². The van der Waals surface area contributed by atoms with Crippen molar-refractivity contribution in [1.82, 2.24) is 0 Å². The number of rotatable bonds is 2. The van der Waals surface area contributed by atoms with Crippen molar-refractivity contribution in [3.63, 3.8) is 0 Å². The number of fused-ring (bicyclic) bond motifs is 7. The van der Waals surface area contributed by atoms with Gasteiger partial charge in [0.2, 0.25) is 0 Å². The number of hydrogen-bond donors (Lipinski definition) is 0. The maximum absolute atomic E-state index is 6.38. The zero-order valence-electron chi connectivity index (χ0n) is 22.0. The van der Waals surface area contributed by atoms with E-state index in [-0.39, 0.29) is 5.41 Å². The molecule has 1 aromatic heterocycles. The average molecular weight is 502 g/mol. The largest absolute Gasteiger partial charge is 0.455 e. The predicted octanol–water partition coefficient (Wildman–Crippen LogP) is 10.5. The van der Waals surface area contributed by atoms with Crippen molar-refractivity contribution in [1.29, 1.82) is 0 Å². The van der Waals surface area contributed by atoms with Crippen LogP contribution < -0.4 is 4.90 Å². The lowest BCUT2D eigenvalue weighted by atomic mass is 9.73. The Morgan fingerprint density at radius 1 is 0.538 bits per heavy atom. The zero-order chi connectivity index (χ0) is 26.1. The summed E-state index contributed by atoms with van der Waals surface area (Å²) in [5.41, 5.74) is 10.5. The van der Waals surface area contributed by atoms with E-state index >= 15 is 0 Å². The Balaban J connectivity index is 1.32. The van der Waals surface area contributed by atoms with Crippen molar-refractivity contribution in [3.8, 4) is 11.1 Å². The summed E-state index contributed by atoms with van der Waals surface area (Å²) in [6.45, 7) is 4.68. The molecule has 39 heavy (non-hydrogen) atoms. The zero-order valence-corrected chi connectivity index (χ0v) is 22.0. The van der Waals surface area contributed by atoms with E-state index in [2.05, 4.69) is 146 Å². The lowest BCUT2D eigenvalue weighted by molar-refractivity contribution is 0.632. The summed E-state index contributed by atoms with van der Waals surface area (Å²) in [7, 11) is 0. The van der Waals surface area contributed by atoms with Crippen molar-refractivity contribution in [2.45, 2.75) is 19.3 Å². The second-order valence-electron chi connectivity index (χ2n) is 11.0. The second kappa shape index (κ2) is 8.09. The van der Waals surface area contributed by atoms with Gasteiger partial charge in [0.1, 0.15) is 11.2 Å². The number of benzene rings is 6. The number of anilines is 3. The highest BCUT2D eigenvalue weighted by atomic mass is 16.3. The van der Waals surface area contributed by atoms with Crippen LogP contribution in [0.25, 0.3) is 43.8 Å². The fraction of sp³-hybridized carbons (Fsp3) is 0.0811. The molecule has 0 saturated carbocycles. The molecule has 7 aromatic rings. The first kappa shape index (κ1) is 22.2. The molecule has 186 valence electrons. The third-order valence-corrected chi connectivity index (χ3v) is 8.44. The minimum atomic E-state index is -0.140. The van der Waals surface area contributed by atoms with Crippen LogP contribution in [0.5, 0.6) is 0 Å². The van der Waals surface area contributed by atoms with Gasteiger partial charge in [-0.05, 0) is 76.2 Å². The van der Waals surface area contributed by atoms with Gasteiger partial charge in [-0.2, -0.15) is 0 Å². The van der Waals surface area contributed by atoms with Crippen molar-refractivity contribution in [2.75, 3.05) is 4.90 Å². The van der Waals surface area contributed by atoms with Gasteiger partial charge in [-0.3, -0.25) is 0 Å². The summed E-state index contributed by atoms with van der Waals surface area (Å²) in [5.74, 6) is 0. The third kappa shape index (κ3) is 3.21. The molecule has 1 aliphatic heterocycles. The minimum absolute atomic E-state index is 0.140. The number of nitrogens with zero attached hydrogens (tertiary/aromatic N) is 1. The third-order valence-electron chi connectivity index (χ3n) is 8.44. The minimum Gasteiger partial charge on any atom is -0.455 e. The predicted molar refractivity (Wildman–Crippen MR) is 163 cm³/mol. The first-order valence-electron chi connectivity index (χ1n) is 13.5. The fourth-order valence-corrected chi connectivity index (χ4v) is 6.42. The monoisotopic (exact) mass is 501 g/mol. The summed E-state index contributed by atoms with van der Waals surface area (Å²) in [4.78, 5) is 2.40. The normalized spacial score (nSPS) is 14.1. The van der Waals surface area contributed by atoms with Crippen LogP contribution in [0.2, 0.25) is 0 Å². The second-order valence-corrected chi connectivity index (χ2v) is 11.0. The molecule has 0 amide bonds. The van der Waals surface area contributed by atoms with E-state index < -0.39 is 0 Å². The van der Waals surface area contributed by atoms with E-state index in [0.29, 0.717) is 0 Å². The molecule has 0 bridgehead atoms. The van der Waals surface area contributed by atoms with E-state index in [4.69, 9.17) is 4.42 Å². The van der Waals surface area contributed by atoms with Gasteiger partial charge >= 0.3 is 0 Å². The van der Waals surface area contributed by atoms with Crippen LogP contribution in [0.3, 0.4) is 0 Å². The molecule has 0 fully saturated rings. The molecule has 2 nitrogen and oxygen atoms in total. The van der Waals surface area contributed by atoms with Crippen LogP contribution >= 0.6 is 0 Å². The first-order chi connectivity index (χ1) is 19.1. The molecule has 0 spiro atoms. The van der Waals surface area contributed by atoms with Crippen molar-refractivity contribution in [3.05, 3.63) is 139 Å². The standard InChI is InChI=1S/C37H27NO/c1-37(2)31-14-8-9-15-33(31)38(27-11-4-3-5-12-27)34-20-17-26(23-32(34)37)25-18-21-35-30(22-25)29-19-16-24-10-6-7-13-28(24)36(29)39-35/h3-23H,1-2H3. The van der Waals surface area contributed by atoms with E-state index in [1.54, 1.807) is 0 Å². The Bertz CT molecular complexity index is 2050. The van der Waals surface area contributed by atoms with Gasteiger partial charge in [0.05, 0.1) is 11.4 Å². The Labute approximate surface area is 227 Å². The smallest absolute Gasteiger partial charge is 0.143 e. The molecular weight excluding hydrogens is 474 g/mol. The van der Waals surface area contributed by atoms with Gasteiger partial charge in [0, 0.05) is 27.3 Å². The summed E-state index contributed by atoms with van der Waals surface area (Å²) in [5, 5.41) is 4.67. The number of furan rings is 1. The van der Waals surface area contributed by atoms with Crippen LogP contribution in [0.1, 0.15) is 25.0 Å². The maximum atomic E-state index is 6.38. The van der Waals surface area contributed by atoms with Gasteiger partial charge in [-0.25, -0.2) is 0 Å². The Kier molecular flexibility index (Phi) is 4.60. The van der Waals surface area contributed by atoms with E-state index in [0.717, 1.165) is 27.3 Å². The van der Waals surface area contributed by atoms with Crippen LogP contribution in [0.15, 0.2) is 132 Å². The molecule has 0 aliphatic carbocycles. The lowest BCUT2D eigenvalue weighted by Crippen LogP contribution is -2.30. The number of para-hydroxylation sites is 2. The van der Waals surface area contributed by atoms with E-state index in [1.807, 2.05) is 0 Å². The van der Waals surface area contributed by atoms with Gasteiger partial charge in [0.15, 0.2) is 0 Å². The summed E-state index contributed by atoms with van der Waals surface area (Å²) in [6.07, 6.45) is 0. The quantitative estimate of drug-likeness (QED) is 0.234. The molecule has 2 heteroatoms. The fourth-order valence-electron chi connectivity index (χ4n) is 6.42. The van der Waals surface area contributed by atoms with Crippen LogP contribution in [0.4, 0.5) is 17.1 Å². The first-order valence-corrected chi connectivity index (χ1v) is 13.5. The van der Waals surface area contributed by atoms with Gasteiger partial charge in [-0.1, -0.05) is 92.7 Å². The SMILES string of the molecule is CC1(C)c2ccccc2N(c2ccccc2)c2ccc(-c3ccc4oc5c6ccccc6ccc5c4c3)cc21. The molecule has 0 N–H and O–H groups in total. The molecule has 0 saturated heterocycles. The topological polar surface area (TPSA) is 16.4 Å². The van der Waals surface area contributed by atoms with Crippen LogP contribution in [-0.2, 0) is 5.41 Å². The summed E-state index contributed by atoms with van der Waals surface area (Å²) < 4.78 is 6.38. The van der Waals surface area contributed by atoms with Crippen LogP contribution in [-0.4, -0.2) is 0 Å². The van der Waals surface area contributed by atoms with Gasteiger partial charge < -0.3 is 9.32 Å². The Hall–Kier alpha value is -4.82. The molecule has 0 radical (unpaired) electrons. The van der Waals surface area contributed by atoms with Crippen molar-refractivity contribution >= 4 is 49.8 Å². The molecule has 0 atom stereocenters. The van der Waals surface area contributed by atoms with E-state index in [1.165, 1.54) is 44.7 Å². The number of hydrogen-bond acceptors (Lipinski definition) is 2. The van der Waals surface area contributed by atoms with Gasteiger partial charge in [-0.15, -0.1) is 0 Å². The average Bonchev–Trinajstić information content (AvgIpc) is 3.36. The highest BCUT2D eigenvalue weighted by Crippen LogP contribution is 2.52. The van der Waals surface area contributed by atoms with Gasteiger partial charge in [0.25, 0.3) is 0 Å². The highest BCUT2D eigenvalue weighted by molar-refractivity contribution is 6.15. The summed E-state index contributed by atoms with van der Waals surface area (Å²) >= 11 is 0. The Morgan fingerprint density at radius 3 is 2.15 bits per heavy atom. The molecule has 2 heterocycles. The van der Waals surface area contributed by atoms with Crippen molar-refractivity contribution in [2.24, 2.45) is 0 Å². The maximum Gasteiger partial charge on any atom is 0.143 e. The Morgan fingerprint density at radius 2 is 1.26 bits per heavy atom. The molecular formula is C37H27NO. The van der Waals surface area contributed by atoms with Crippen molar-refractivity contribution < 1.29 is 4.42 Å². The summed E-state index contributed by atoms with van der Waals surface area (Å²) in [6, 6.07) is 45.8. The van der Waals surface area contributed by atoms with E-state index in [9.17, 15) is 0 Å². The lowest BCUT2D eigenvalue weighted by Gasteiger charge is -2.42. The molecule has 1 aliphatic rings.